The van der Waals surface area contributed by atoms with Gasteiger partial charge in [-0.15, -0.1) is 0 Å². The van der Waals surface area contributed by atoms with Crippen LogP contribution in [0.2, 0.25) is 5.02 Å². The molecule has 112 valence electrons. The summed E-state index contributed by atoms with van der Waals surface area (Å²) in [4.78, 5) is 0. The van der Waals surface area contributed by atoms with Crippen molar-refractivity contribution in [2.24, 2.45) is 0 Å². The largest absolute Gasteiger partial charge is 0.495 e. The van der Waals surface area contributed by atoms with E-state index >= 15 is 0 Å². The molecule has 2 rings (SSSR count). The first kappa shape index (κ1) is 15.4. The molecule has 0 radical (unpaired) electrons. The molecule has 5 nitrogen and oxygen atoms in total. The second-order valence-corrected chi connectivity index (χ2v) is 7.08. The van der Waals surface area contributed by atoms with Crippen LogP contribution in [0.25, 0.3) is 0 Å². The van der Waals surface area contributed by atoms with Gasteiger partial charge in [0.2, 0.25) is 10.0 Å². The Bertz CT molecular complexity index is 557. The van der Waals surface area contributed by atoms with Gasteiger partial charge in [-0.1, -0.05) is 18.0 Å². The highest BCUT2D eigenvalue weighted by molar-refractivity contribution is 7.92. The van der Waals surface area contributed by atoms with Gasteiger partial charge in [-0.25, -0.2) is 8.42 Å². The number of sulfonamides is 1. The van der Waals surface area contributed by atoms with Gasteiger partial charge < -0.3 is 10.1 Å². The van der Waals surface area contributed by atoms with Crippen LogP contribution in [0.3, 0.4) is 0 Å². The average Bonchev–Trinajstić information content (AvgIpc) is 2.39. The van der Waals surface area contributed by atoms with Crippen LogP contribution in [0.4, 0.5) is 5.69 Å². The van der Waals surface area contributed by atoms with Crippen molar-refractivity contribution in [3.8, 4) is 5.75 Å². The standard InChI is InChI=1S/C13H19ClN2O3S/c1-19-13-6-5-10(14)8-12(13)16-20(17,18)9-11-4-2-3-7-15-11/h5-6,8,11,15-16H,2-4,7,9H2,1H3. The lowest BCUT2D eigenvalue weighted by Crippen LogP contribution is -2.40. The Balaban J connectivity index is 2.09. The van der Waals surface area contributed by atoms with Crippen LogP contribution in [0, 0.1) is 0 Å². The number of ether oxygens (including phenoxy) is 1. The van der Waals surface area contributed by atoms with Crippen LogP contribution in [-0.4, -0.2) is 33.9 Å². The highest BCUT2D eigenvalue weighted by atomic mass is 35.5. The fourth-order valence-corrected chi connectivity index (χ4v) is 3.86. The van der Waals surface area contributed by atoms with Crippen molar-refractivity contribution in [1.82, 2.24) is 5.32 Å². The molecule has 0 aromatic heterocycles. The minimum Gasteiger partial charge on any atom is -0.495 e. The zero-order chi connectivity index (χ0) is 14.6. The van der Waals surface area contributed by atoms with Crippen molar-refractivity contribution in [3.05, 3.63) is 23.2 Å². The summed E-state index contributed by atoms with van der Waals surface area (Å²) < 4.78 is 32.1. The van der Waals surface area contributed by atoms with Gasteiger partial charge in [0, 0.05) is 11.1 Å². The van der Waals surface area contributed by atoms with Crippen molar-refractivity contribution in [3.63, 3.8) is 0 Å². The molecule has 1 heterocycles. The Morgan fingerprint density at radius 2 is 2.25 bits per heavy atom. The van der Waals surface area contributed by atoms with E-state index in [9.17, 15) is 8.42 Å². The van der Waals surface area contributed by atoms with E-state index in [4.69, 9.17) is 16.3 Å². The highest BCUT2D eigenvalue weighted by Gasteiger charge is 2.22. The number of hydrogen-bond donors (Lipinski definition) is 2. The number of methoxy groups -OCH3 is 1. The molecule has 1 saturated heterocycles. The maximum atomic E-state index is 12.2. The SMILES string of the molecule is COc1ccc(Cl)cc1NS(=O)(=O)CC1CCCCN1. The van der Waals surface area contributed by atoms with Gasteiger partial charge in [0.05, 0.1) is 18.6 Å². The van der Waals surface area contributed by atoms with Crippen molar-refractivity contribution in [1.29, 1.82) is 0 Å². The van der Waals surface area contributed by atoms with Crippen LogP contribution in [0.15, 0.2) is 18.2 Å². The Hall–Kier alpha value is -0.980. The topological polar surface area (TPSA) is 67.4 Å². The fourth-order valence-electron chi connectivity index (χ4n) is 2.30. The van der Waals surface area contributed by atoms with E-state index in [1.807, 2.05) is 0 Å². The van der Waals surface area contributed by atoms with E-state index in [0.717, 1.165) is 25.8 Å². The Kier molecular flexibility index (Phi) is 5.12. The molecule has 0 bridgehead atoms. The number of benzene rings is 1. The second kappa shape index (κ2) is 6.65. The van der Waals surface area contributed by atoms with Crippen molar-refractivity contribution >= 4 is 27.3 Å². The van der Waals surface area contributed by atoms with E-state index in [0.29, 0.717) is 16.5 Å². The Labute approximate surface area is 124 Å². The number of rotatable bonds is 5. The van der Waals surface area contributed by atoms with Gasteiger partial charge in [-0.2, -0.15) is 0 Å². The summed E-state index contributed by atoms with van der Waals surface area (Å²) in [5.74, 6) is 0.512. The summed E-state index contributed by atoms with van der Waals surface area (Å²) in [5, 5.41) is 3.68. The lowest BCUT2D eigenvalue weighted by molar-refractivity contribution is 0.416. The molecule has 0 aliphatic carbocycles. The normalized spacial score (nSPS) is 19.6. The zero-order valence-corrected chi connectivity index (χ0v) is 12.9. The minimum absolute atomic E-state index is 0.00595. The Morgan fingerprint density at radius 1 is 1.45 bits per heavy atom. The summed E-state index contributed by atoms with van der Waals surface area (Å²) >= 11 is 5.89. The molecule has 1 fully saturated rings. The van der Waals surface area contributed by atoms with Gasteiger partial charge in [0.1, 0.15) is 5.75 Å². The molecule has 1 aromatic carbocycles. The summed E-state index contributed by atoms with van der Waals surface area (Å²) in [6, 6.07) is 4.85. The van der Waals surface area contributed by atoms with E-state index in [-0.39, 0.29) is 11.8 Å². The molecule has 1 atom stereocenters. The first-order valence-electron chi connectivity index (χ1n) is 6.57. The first-order chi connectivity index (χ1) is 9.50. The van der Waals surface area contributed by atoms with Crippen molar-refractivity contribution < 1.29 is 13.2 Å². The molecule has 0 saturated carbocycles. The van der Waals surface area contributed by atoms with E-state index in [2.05, 4.69) is 10.0 Å². The third kappa shape index (κ3) is 4.26. The molecule has 1 aliphatic rings. The predicted molar refractivity (Wildman–Crippen MR) is 81.1 cm³/mol. The quantitative estimate of drug-likeness (QED) is 0.873. The van der Waals surface area contributed by atoms with Crippen molar-refractivity contribution in [2.45, 2.75) is 25.3 Å². The maximum absolute atomic E-state index is 12.2. The fraction of sp³-hybridized carbons (Fsp3) is 0.538. The van der Waals surface area contributed by atoms with Gasteiger partial charge in [-0.05, 0) is 37.6 Å². The maximum Gasteiger partial charge on any atom is 0.234 e. The smallest absolute Gasteiger partial charge is 0.234 e. The van der Waals surface area contributed by atoms with Gasteiger partial charge in [0.25, 0.3) is 0 Å². The van der Waals surface area contributed by atoms with Crippen LogP contribution in [-0.2, 0) is 10.0 Å². The second-order valence-electron chi connectivity index (χ2n) is 4.87. The molecule has 7 heteroatoms. The first-order valence-corrected chi connectivity index (χ1v) is 8.60. The number of halogens is 1. The van der Waals surface area contributed by atoms with Crippen LogP contribution >= 0.6 is 11.6 Å². The monoisotopic (exact) mass is 318 g/mol. The number of hydrogen-bond acceptors (Lipinski definition) is 4. The molecular formula is C13H19ClN2O3S. The van der Waals surface area contributed by atoms with Crippen LogP contribution in [0.5, 0.6) is 5.75 Å². The van der Waals surface area contributed by atoms with E-state index < -0.39 is 10.0 Å². The van der Waals surface area contributed by atoms with E-state index in [1.165, 1.54) is 7.11 Å². The Morgan fingerprint density at radius 3 is 2.90 bits per heavy atom. The van der Waals surface area contributed by atoms with Crippen molar-refractivity contribution in [2.75, 3.05) is 24.1 Å². The number of anilines is 1. The lowest BCUT2D eigenvalue weighted by atomic mass is 10.1. The van der Waals surface area contributed by atoms with Crippen LogP contribution < -0.4 is 14.8 Å². The van der Waals surface area contributed by atoms with E-state index in [1.54, 1.807) is 18.2 Å². The third-order valence-corrected chi connectivity index (χ3v) is 4.87. The summed E-state index contributed by atoms with van der Waals surface area (Å²) in [5.41, 5.74) is 0.371. The molecule has 1 aromatic rings. The molecule has 1 aliphatic heterocycles. The lowest BCUT2D eigenvalue weighted by Gasteiger charge is -2.23. The average molecular weight is 319 g/mol. The molecule has 0 spiro atoms. The molecular weight excluding hydrogens is 300 g/mol. The zero-order valence-electron chi connectivity index (χ0n) is 11.4. The molecule has 2 N–H and O–H groups in total. The summed E-state index contributed by atoms with van der Waals surface area (Å²) in [6.45, 7) is 0.876. The number of piperidine rings is 1. The van der Waals surface area contributed by atoms with Gasteiger partial charge in [-0.3, -0.25) is 4.72 Å². The summed E-state index contributed by atoms with van der Waals surface area (Å²) in [7, 11) is -1.94. The molecule has 20 heavy (non-hydrogen) atoms. The van der Waals surface area contributed by atoms with Crippen LogP contribution in [0.1, 0.15) is 19.3 Å². The molecule has 1 unspecified atom stereocenters. The third-order valence-electron chi connectivity index (χ3n) is 3.26. The highest BCUT2D eigenvalue weighted by Crippen LogP contribution is 2.28. The van der Waals surface area contributed by atoms with Gasteiger partial charge in [0.15, 0.2) is 0 Å². The summed E-state index contributed by atoms with van der Waals surface area (Å²) in [6.07, 6.45) is 3.05. The number of nitrogens with one attached hydrogen (secondary N) is 2. The predicted octanol–water partition coefficient (Wildman–Crippen LogP) is 2.23. The van der Waals surface area contributed by atoms with Gasteiger partial charge >= 0.3 is 0 Å². The molecule has 0 amide bonds. The minimum atomic E-state index is -3.43.